The summed E-state index contributed by atoms with van der Waals surface area (Å²) in [4.78, 5) is 10.6. The summed E-state index contributed by atoms with van der Waals surface area (Å²) >= 11 is 0. The Morgan fingerprint density at radius 3 is 2.03 bits per heavy atom. The van der Waals surface area contributed by atoms with Gasteiger partial charge in [-0.1, -0.05) is 164 Å². The van der Waals surface area contributed by atoms with Crippen molar-refractivity contribution in [3.05, 3.63) is 180 Å². The number of rotatable bonds is 6. The summed E-state index contributed by atoms with van der Waals surface area (Å²) < 4.78 is 8.93. The molecule has 1 N–H and O–H groups in total. The second-order valence-electron chi connectivity index (χ2n) is 19.2. The molecule has 0 amide bonds. The van der Waals surface area contributed by atoms with E-state index >= 15 is 0 Å². The Balaban J connectivity index is 0.00000504. The number of nitrogens with zero attached hydrogens (tertiary/aromatic N) is 3. The van der Waals surface area contributed by atoms with Crippen molar-refractivity contribution in [2.75, 3.05) is 0 Å². The molecular weight excluding hydrogens is 954 g/mol. The molecule has 3 aromatic heterocycles. The van der Waals surface area contributed by atoms with Gasteiger partial charge in [0.2, 0.25) is 0 Å². The van der Waals surface area contributed by atoms with Gasteiger partial charge in [-0.05, 0) is 69.1 Å². The van der Waals surface area contributed by atoms with Crippen LogP contribution in [0.4, 0.5) is 0 Å². The van der Waals surface area contributed by atoms with Crippen LogP contribution in [0.1, 0.15) is 77.6 Å². The van der Waals surface area contributed by atoms with Crippen molar-refractivity contribution >= 4 is 43.7 Å². The Morgan fingerprint density at radius 2 is 1.30 bits per heavy atom. The Hall–Kier alpha value is -6.29. The fourth-order valence-corrected chi connectivity index (χ4v) is 9.03. The number of aromatic hydroxyl groups is 1. The van der Waals surface area contributed by atoms with Crippen LogP contribution in [0.3, 0.4) is 0 Å². The molecule has 0 bridgehead atoms. The first-order valence-corrected chi connectivity index (χ1v) is 21.5. The number of phenols is 1. The number of phenolic OH excluding ortho intramolecular Hbond substituents is 1. The predicted octanol–water partition coefficient (Wildman–Crippen LogP) is 14.9. The van der Waals surface area contributed by atoms with Gasteiger partial charge in [-0.2, -0.15) is 0 Å². The average molecular weight is 1000 g/mol. The van der Waals surface area contributed by atoms with Crippen LogP contribution in [0.5, 0.6) is 5.75 Å². The van der Waals surface area contributed by atoms with Crippen molar-refractivity contribution in [3.63, 3.8) is 0 Å². The van der Waals surface area contributed by atoms with Crippen LogP contribution >= 0.6 is 0 Å². The largest absolute Gasteiger partial charge is 0.507 e. The molecule has 0 radical (unpaired) electrons. The molecular formula is C57H50N3O2Pt-. The van der Waals surface area contributed by atoms with E-state index in [0.29, 0.717) is 11.4 Å². The molecule has 0 unspecified atom stereocenters. The summed E-state index contributed by atoms with van der Waals surface area (Å²) in [5.41, 5.74) is 11.8. The van der Waals surface area contributed by atoms with E-state index in [2.05, 4.69) is 193 Å². The summed E-state index contributed by atoms with van der Waals surface area (Å²) in [6.07, 6.45) is 1.88. The van der Waals surface area contributed by atoms with E-state index in [1.54, 1.807) is 0 Å². The molecule has 6 heteroatoms. The number of furan rings is 1. The van der Waals surface area contributed by atoms with Gasteiger partial charge in [0.15, 0.2) is 0 Å². The summed E-state index contributed by atoms with van der Waals surface area (Å²) in [6.45, 7) is 17.6. The van der Waals surface area contributed by atoms with Crippen LogP contribution in [0, 0.1) is 6.07 Å². The van der Waals surface area contributed by atoms with Crippen LogP contribution in [-0.4, -0.2) is 19.6 Å². The van der Waals surface area contributed by atoms with Gasteiger partial charge in [0, 0.05) is 60.4 Å². The number of fused-ring (bicyclic) bond motifs is 6. The second kappa shape index (κ2) is 15.5. The van der Waals surface area contributed by atoms with Gasteiger partial charge in [-0.25, -0.2) is 4.98 Å². The van der Waals surface area contributed by atoms with Gasteiger partial charge in [0.1, 0.15) is 22.7 Å². The number of pyridine rings is 1. The molecule has 0 aliphatic heterocycles. The zero-order chi connectivity index (χ0) is 43.1. The first-order valence-electron chi connectivity index (χ1n) is 21.5. The minimum atomic E-state index is -0.386. The van der Waals surface area contributed by atoms with Crippen molar-refractivity contribution in [2.24, 2.45) is 0 Å². The molecule has 5 nitrogen and oxygen atoms in total. The van der Waals surface area contributed by atoms with Crippen molar-refractivity contribution < 1.29 is 30.6 Å². The molecule has 0 aliphatic carbocycles. The standard InChI is InChI=1S/C57H50N3O2.Pt/c1-55(2,3)39-33-45(52(61)46(34-39)56(4,5)6)54-59-51-43(24-17-25-47(51)60(54)41-21-13-10-14-22-41)36-30-37(32-40(31-36)57(7,8)38-19-11-9-12-20-38)50-53-44(28-29-58-50)49-42-23-16-15-18-35(42)26-27-48(49)62-53;/h9-29,31-34,61H,1-8H3;/q-1;. The van der Waals surface area contributed by atoms with E-state index in [4.69, 9.17) is 14.4 Å². The number of aromatic nitrogens is 3. The molecule has 10 rings (SSSR count). The monoisotopic (exact) mass is 1000 g/mol. The van der Waals surface area contributed by atoms with E-state index in [1.165, 1.54) is 5.56 Å². The van der Waals surface area contributed by atoms with Gasteiger partial charge < -0.3 is 9.52 Å². The third-order valence-electron chi connectivity index (χ3n) is 12.6. The van der Waals surface area contributed by atoms with Crippen LogP contribution in [0.2, 0.25) is 0 Å². The van der Waals surface area contributed by atoms with Gasteiger partial charge in [-0.3, -0.25) is 9.55 Å². The molecule has 316 valence electrons. The predicted molar refractivity (Wildman–Crippen MR) is 256 cm³/mol. The summed E-state index contributed by atoms with van der Waals surface area (Å²) in [5, 5.41) is 16.7. The third kappa shape index (κ3) is 7.17. The maximum Gasteiger partial charge on any atom is 0.148 e. The number of para-hydroxylation sites is 2. The van der Waals surface area contributed by atoms with Crippen molar-refractivity contribution in [2.45, 2.75) is 71.6 Å². The van der Waals surface area contributed by atoms with Gasteiger partial charge in [0.25, 0.3) is 0 Å². The molecule has 7 aromatic carbocycles. The minimum Gasteiger partial charge on any atom is -0.507 e. The molecule has 0 aliphatic rings. The number of hydrogen-bond donors (Lipinski definition) is 1. The number of hydrogen-bond acceptors (Lipinski definition) is 4. The van der Waals surface area contributed by atoms with E-state index in [1.807, 2.05) is 24.4 Å². The Morgan fingerprint density at radius 1 is 0.603 bits per heavy atom. The summed E-state index contributed by atoms with van der Waals surface area (Å²) in [5.74, 6) is 0.924. The zero-order valence-corrected chi connectivity index (χ0v) is 39.2. The van der Waals surface area contributed by atoms with Gasteiger partial charge in [0.05, 0.1) is 16.6 Å². The normalized spacial score (nSPS) is 12.4. The van der Waals surface area contributed by atoms with E-state index < -0.39 is 0 Å². The molecule has 3 heterocycles. The van der Waals surface area contributed by atoms with Crippen LogP contribution < -0.4 is 0 Å². The van der Waals surface area contributed by atoms with E-state index in [9.17, 15) is 5.11 Å². The summed E-state index contributed by atoms with van der Waals surface area (Å²) in [7, 11) is 0. The maximum atomic E-state index is 12.3. The molecule has 0 fully saturated rings. The number of benzene rings is 7. The first kappa shape index (κ1) is 42.0. The Bertz CT molecular complexity index is 3350. The van der Waals surface area contributed by atoms with Crippen LogP contribution in [0.15, 0.2) is 156 Å². The van der Waals surface area contributed by atoms with E-state index in [-0.39, 0.29) is 43.1 Å². The zero-order valence-electron chi connectivity index (χ0n) is 36.9. The minimum absolute atomic E-state index is 0. The summed E-state index contributed by atoms with van der Waals surface area (Å²) in [6, 6.07) is 54.6. The smallest absolute Gasteiger partial charge is 0.148 e. The quantitative estimate of drug-likeness (QED) is 0.169. The van der Waals surface area contributed by atoms with Crippen molar-refractivity contribution in [3.8, 4) is 45.2 Å². The van der Waals surface area contributed by atoms with E-state index in [0.717, 1.165) is 88.5 Å². The molecule has 0 saturated heterocycles. The molecule has 10 aromatic rings. The first-order chi connectivity index (χ1) is 29.7. The van der Waals surface area contributed by atoms with Crippen LogP contribution in [-0.2, 0) is 37.3 Å². The van der Waals surface area contributed by atoms with Gasteiger partial charge in [-0.15, -0.1) is 29.3 Å². The third-order valence-corrected chi connectivity index (χ3v) is 12.6. The van der Waals surface area contributed by atoms with Gasteiger partial charge >= 0.3 is 0 Å². The molecule has 0 atom stereocenters. The molecule has 63 heavy (non-hydrogen) atoms. The Labute approximate surface area is 383 Å². The van der Waals surface area contributed by atoms with Crippen LogP contribution in [0.25, 0.3) is 83.2 Å². The topological polar surface area (TPSA) is 64.1 Å². The fourth-order valence-electron chi connectivity index (χ4n) is 9.03. The molecule has 0 saturated carbocycles. The SMILES string of the molecule is CC(C)(C)c1cc(-c2nc3c(-c4[c-]c(-c5nccc6c5oc5ccc7ccccc7c56)cc(C(C)(C)c5ccccc5)c4)cccc3n2-c2ccccc2)c(O)c(C(C)(C)C)c1.[Pt]. The molecule has 0 spiro atoms. The average Bonchev–Trinajstić information content (AvgIpc) is 3.85. The second-order valence-corrected chi connectivity index (χ2v) is 19.2. The Kier molecular flexibility index (Phi) is 10.3. The van der Waals surface area contributed by atoms with Crippen molar-refractivity contribution in [1.82, 2.24) is 14.5 Å². The maximum absolute atomic E-state index is 12.3. The van der Waals surface area contributed by atoms with Crippen molar-refractivity contribution in [1.29, 1.82) is 0 Å². The fraction of sp³-hybridized carbons (Fsp3) is 0.193. The number of imidazole rings is 1.